The summed E-state index contributed by atoms with van der Waals surface area (Å²) in [5, 5.41) is 3.54. The van der Waals surface area contributed by atoms with Gasteiger partial charge in [0, 0.05) is 17.3 Å². The fraction of sp³-hybridized carbons (Fsp3) is 0.217. The van der Waals surface area contributed by atoms with Crippen LogP contribution >= 0.6 is 11.6 Å². The Morgan fingerprint density at radius 3 is 2.67 bits per heavy atom. The number of aromatic nitrogens is 1. The molecule has 0 bridgehead atoms. The highest BCUT2D eigenvalue weighted by Gasteiger charge is 2.17. The number of hydrogen-bond donors (Lipinski definition) is 1. The summed E-state index contributed by atoms with van der Waals surface area (Å²) in [4.78, 5) is 25.0. The number of ether oxygens (including phenoxy) is 2. The normalized spacial score (nSPS) is 13.5. The highest BCUT2D eigenvalue weighted by molar-refractivity contribution is 6.31. The topological polar surface area (TPSA) is 69.6 Å². The molecule has 0 saturated heterocycles. The summed E-state index contributed by atoms with van der Waals surface area (Å²) < 4.78 is 12.6. The molecule has 1 aliphatic rings. The van der Waals surface area contributed by atoms with E-state index in [1.165, 1.54) is 16.7 Å². The summed E-state index contributed by atoms with van der Waals surface area (Å²) in [6, 6.07) is 15.6. The van der Waals surface area contributed by atoms with Gasteiger partial charge in [-0.3, -0.25) is 9.59 Å². The third kappa shape index (κ3) is 4.33. The third-order valence-electron chi connectivity index (χ3n) is 4.96. The molecule has 0 fully saturated rings. The molecule has 1 atom stereocenters. The molecule has 154 valence electrons. The number of rotatable bonds is 5. The predicted molar refractivity (Wildman–Crippen MR) is 115 cm³/mol. The van der Waals surface area contributed by atoms with Crippen LogP contribution in [0.1, 0.15) is 34.5 Å². The lowest BCUT2D eigenvalue weighted by atomic mass is 10.1. The maximum absolute atomic E-state index is 12.8. The van der Waals surface area contributed by atoms with Gasteiger partial charge in [-0.25, -0.2) is 0 Å². The van der Waals surface area contributed by atoms with Gasteiger partial charge in [-0.05, 0) is 42.3 Å². The van der Waals surface area contributed by atoms with Crippen molar-refractivity contribution in [2.24, 2.45) is 0 Å². The monoisotopic (exact) mass is 424 g/mol. The summed E-state index contributed by atoms with van der Waals surface area (Å²) in [7, 11) is 0. The van der Waals surface area contributed by atoms with Crippen LogP contribution < -0.4 is 20.3 Å². The van der Waals surface area contributed by atoms with Gasteiger partial charge in [-0.2, -0.15) is 0 Å². The Morgan fingerprint density at radius 1 is 1.10 bits per heavy atom. The van der Waals surface area contributed by atoms with E-state index in [0.29, 0.717) is 35.3 Å². The summed E-state index contributed by atoms with van der Waals surface area (Å²) in [5.74, 6) is 1.11. The predicted octanol–water partition coefficient (Wildman–Crippen LogP) is 3.81. The van der Waals surface area contributed by atoms with Crippen molar-refractivity contribution < 1.29 is 14.3 Å². The molecule has 2 aromatic carbocycles. The number of halogens is 1. The molecule has 7 heteroatoms. The first kappa shape index (κ1) is 20.0. The Bertz CT molecular complexity index is 1140. The lowest BCUT2D eigenvalue weighted by Gasteiger charge is -2.21. The lowest BCUT2D eigenvalue weighted by molar-refractivity contribution is 0.0939. The molecule has 0 aliphatic carbocycles. The van der Waals surface area contributed by atoms with E-state index in [1.807, 2.05) is 43.3 Å². The van der Waals surface area contributed by atoms with Gasteiger partial charge in [0.05, 0.1) is 18.2 Å². The number of nitrogens with zero attached hydrogens (tertiary/aromatic N) is 1. The van der Waals surface area contributed by atoms with Crippen LogP contribution in [-0.4, -0.2) is 23.7 Å². The molecule has 0 radical (unpaired) electrons. The molecule has 1 N–H and O–H groups in total. The van der Waals surface area contributed by atoms with Gasteiger partial charge in [0.25, 0.3) is 11.5 Å². The second-order valence-corrected chi connectivity index (χ2v) is 7.48. The second kappa shape index (κ2) is 8.63. The zero-order valence-electron chi connectivity index (χ0n) is 16.4. The summed E-state index contributed by atoms with van der Waals surface area (Å²) in [6.45, 7) is 3.22. The van der Waals surface area contributed by atoms with E-state index >= 15 is 0 Å². The number of carbonyl (C=O) groups is 1. The van der Waals surface area contributed by atoms with Gasteiger partial charge >= 0.3 is 0 Å². The van der Waals surface area contributed by atoms with E-state index in [2.05, 4.69) is 5.32 Å². The van der Waals surface area contributed by atoms with Crippen molar-refractivity contribution in [3.8, 4) is 11.5 Å². The molecule has 1 unspecified atom stereocenters. The van der Waals surface area contributed by atoms with Gasteiger partial charge in [0.2, 0.25) is 0 Å². The molecule has 0 saturated carbocycles. The molecular weight excluding hydrogens is 404 g/mol. The van der Waals surface area contributed by atoms with Crippen molar-refractivity contribution in [2.45, 2.75) is 19.5 Å². The molecule has 2 heterocycles. The average molecular weight is 425 g/mol. The van der Waals surface area contributed by atoms with Crippen LogP contribution in [0.2, 0.25) is 5.02 Å². The number of amides is 1. The Labute approximate surface area is 179 Å². The van der Waals surface area contributed by atoms with Gasteiger partial charge < -0.3 is 19.4 Å². The van der Waals surface area contributed by atoms with E-state index in [-0.39, 0.29) is 24.1 Å². The molecule has 0 spiro atoms. The minimum Gasteiger partial charge on any atom is -0.486 e. The van der Waals surface area contributed by atoms with Crippen LogP contribution in [0.4, 0.5) is 0 Å². The van der Waals surface area contributed by atoms with Gasteiger partial charge in [0.15, 0.2) is 11.5 Å². The highest BCUT2D eigenvalue weighted by atomic mass is 35.5. The average Bonchev–Trinajstić information content (AvgIpc) is 2.76. The van der Waals surface area contributed by atoms with E-state index in [1.54, 1.807) is 12.3 Å². The number of carbonyl (C=O) groups excluding carboxylic acids is 1. The van der Waals surface area contributed by atoms with E-state index in [9.17, 15) is 9.59 Å². The summed E-state index contributed by atoms with van der Waals surface area (Å²) >= 11 is 6.20. The van der Waals surface area contributed by atoms with E-state index in [0.717, 1.165) is 11.1 Å². The molecule has 6 nitrogen and oxygen atoms in total. The third-order valence-corrected chi connectivity index (χ3v) is 5.33. The summed E-state index contributed by atoms with van der Waals surface area (Å²) in [5.41, 5.74) is 1.90. The number of nitrogens with one attached hydrogen (secondary N) is 1. The van der Waals surface area contributed by atoms with Crippen LogP contribution in [0.15, 0.2) is 65.6 Å². The van der Waals surface area contributed by atoms with E-state index in [4.69, 9.17) is 21.1 Å². The lowest BCUT2D eigenvalue weighted by Crippen LogP contribution is -2.29. The molecule has 3 aromatic rings. The minimum absolute atomic E-state index is 0.202. The standard InChI is InChI=1S/C23H21ClN2O4/c1-15(16-6-8-20-21(12-16)30-11-10-29-20)25-23(28)18-7-9-22(27)26(14-18)13-17-4-2-3-5-19(17)24/h2-9,12,14-15H,10-11,13H2,1H3,(H,25,28). The van der Waals surface area contributed by atoms with Crippen molar-refractivity contribution in [3.05, 3.63) is 92.9 Å². The zero-order chi connectivity index (χ0) is 21.1. The highest BCUT2D eigenvalue weighted by Crippen LogP contribution is 2.32. The van der Waals surface area contributed by atoms with Gasteiger partial charge in [0.1, 0.15) is 13.2 Å². The molecule has 1 aromatic heterocycles. The Kier molecular flexibility index (Phi) is 5.77. The Morgan fingerprint density at radius 2 is 1.87 bits per heavy atom. The van der Waals surface area contributed by atoms with Crippen molar-refractivity contribution in [1.82, 2.24) is 9.88 Å². The fourth-order valence-electron chi connectivity index (χ4n) is 3.29. The maximum atomic E-state index is 12.8. The minimum atomic E-state index is -0.273. The second-order valence-electron chi connectivity index (χ2n) is 7.07. The number of hydrogen-bond acceptors (Lipinski definition) is 4. The number of pyridine rings is 1. The molecular formula is C23H21ClN2O4. The fourth-order valence-corrected chi connectivity index (χ4v) is 3.49. The Hall–Kier alpha value is -3.25. The molecule has 4 rings (SSSR count). The van der Waals surface area contributed by atoms with Crippen molar-refractivity contribution in [1.29, 1.82) is 0 Å². The number of fused-ring (bicyclic) bond motifs is 1. The molecule has 30 heavy (non-hydrogen) atoms. The first-order valence-corrected chi connectivity index (χ1v) is 10.0. The van der Waals surface area contributed by atoms with E-state index < -0.39 is 0 Å². The molecule has 1 aliphatic heterocycles. The quantitative estimate of drug-likeness (QED) is 0.676. The van der Waals surface area contributed by atoms with Crippen molar-refractivity contribution in [2.75, 3.05) is 13.2 Å². The smallest absolute Gasteiger partial charge is 0.253 e. The van der Waals surface area contributed by atoms with Crippen LogP contribution in [0, 0.1) is 0 Å². The first-order chi connectivity index (χ1) is 14.5. The Balaban J connectivity index is 1.51. The zero-order valence-corrected chi connectivity index (χ0v) is 17.2. The van der Waals surface area contributed by atoms with Crippen LogP contribution in [-0.2, 0) is 6.54 Å². The van der Waals surface area contributed by atoms with Crippen molar-refractivity contribution >= 4 is 17.5 Å². The maximum Gasteiger partial charge on any atom is 0.253 e. The summed E-state index contributed by atoms with van der Waals surface area (Å²) in [6.07, 6.45) is 1.55. The van der Waals surface area contributed by atoms with Crippen molar-refractivity contribution in [3.63, 3.8) is 0 Å². The SMILES string of the molecule is CC(NC(=O)c1ccc(=O)n(Cc2ccccc2Cl)c1)c1ccc2c(c1)OCCO2. The van der Waals surface area contributed by atoms with Crippen LogP contribution in [0.25, 0.3) is 0 Å². The van der Waals surface area contributed by atoms with Gasteiger partial charge in [-0.1, -0.05) is 35.9 Å². The number of benzene rings is 2. The van der Waals surface area contributed by atoms with Gasteiger partial charge in [-0.15, -0.1) is 0 Å². The first-order valence-electron chi connectivity index (χ1n) is 9.65. The molecule has 1 amide bonds. The van der Waals surface area contributed by atoms with Crippen LogP contribution in [0.5, 0.6) is 11.5 Å². The largest absolute Gasteiger partial charge is 0.486 e. The van der Waals surface area contributed by atoms with Crippen LogP contribution in [0.3, 0.4) is 0 Å².